The summed E-state index contributed by atoms with van der Waals surface area (Å²) in [6, 6.07) is 21.5. The minimum absolute atomic E-state index is 0.0566. The number of anilines is 1. The molecule has 1 fully saturated rings. The summed E-state index contributed by atoms with van der Waals surface area (Å²) in [4.78, 5) is 31.4. The zero-order valence-corrected chi connectivity index (χ0v) is 20.5. The second-order valence-electron chi connectivity index (χ2n) is 9.53. The van der Waals surface area contributed by atoms with E-state index in [0.717, 1.165) is 16.5 Å². The number of aryl methyl sites for hydroxylation is 1. The quantitative estimate of drug-likeness (QED) is 0.197. The standard InChI is InChI=1S/C30H28N2O4/c1-18(2)17-36-22-14-10-20(11-15-22)27-26(28(33)24-16-31-25-7-5-4-6-23(24)25)29(34)30(35)32(27)21-12-8-19(3)9-13-21/h4-16,18,27,31,33H,17H2,1-3H3/b28-26-. The SMILES string of the molecule is Cc1ccc(N2C(=O)C(=O)/C(=C(\O)c3c[nH]c4ccccc34)C2c2ccc(OCC(C)C)cc2)cc1. The monoisotopic (exact) mass is 480 g/mol. The van der Waals surface area contributed by atoms with Crippen molar-refractivity contribution < 1.29 is 19.4 Å². The molecule has 0 radical (unpaired) electrons. The van der Waals surface area contributed by atoms with Crippen LogP contribution in [0, 0.1) is 12.8 Å². The third kappa shape index (κ3) is 4.15. The molecule has 3 aromatic carbocycles. The number of ether oxygens (including phenoxy) is 1. The highest BCUT2D eigenvalue weighted by Gasteiger charge is 2.47. The molecular formula is C30H28N2O4. The molecule has 1 aliphatic rings. The van der Waals surface area contributed by atoms with Crippen LogP contribution in [0.1, 0.15) is 36.6 Å². The van der Waals surface area contributed by atoms with Crippen molar-refractivity contribution in [2.75, 3.05) is 11.5 Å². The van der Waals surface area contributed by atoms with Gasteiger partial charge in [-0.05, 0) is 48.7 Å². The van der Waals surface area contributed by atoms with Crippen LogP contribution in [0.4, 0.5) is 5.69 Å². The van der Waals surface area contributed by atoms with E-state index in [1.165, 1.54) is 4.90 Å². The van der Waals surface area contributed by atoms with Gasteiger partial charge in [0.1, 0.15) is 11.5 Å². The molecule has 0 spiro atoms. The first-order chi connectivity index (χ1) is 17.3. The summed E-state index contributed by atoms with van der Waals surface area (Å²) >= 11 is 0. The van der Waals surface area contributed by atoms with E-state index in [2.05, 4.69) is 18.8 Å². The normalized spacial score (nSPS) is 17.3. The molecule has 36 heavy (non-hydrogen) atoms. The zero-order valence-electron chi connectivity index (χ0n) is 20.5. The molecule has 2 heterocycles. The van der Waals surface area contributed by atoms with E-state index < -0.39 is 17.7 Å². The second-order valence-corrected chi connectivity index (χ2v) is 9.53. The van der Waals surface area contributed by atoms with Crippen molar-refractivity contribution in [2.24, 2.45) is 5.92 Å². The number of fused-ring (bicyclic) bond motifs is 1. The van der Waals surface area contributed by atoms with Gasteiger partial charge in [-0.15, -0.1) is 0 Å². The van der Waals surface area contributed by atoms with E-state index in [1.807, 2.05) is 79.7 Å². The largest absolute Gasteiger partial charge is 0.507 e. The molecule has 6 heteroatoms. The summed E-state index contributed by atoms with van der Waals surface area (Å²) in [5.41, 5.74) is 3.70. The van der Waals surface area contributed by atoms with Crippen LogP contribution in [0.2, 0.25) is 0 Å². The third-order valence-corrected chi connectivity index (χ3v) is 6.38. The number of carbonyl (C=O) groups excluding carboxylic acids is 2. The lowest BCUT2D eigenvalue weighted by atomic mass is 9.95. The van der Waals surface area contributed by atoms with Crippen molar-refractivity contribution in [3.05, 3.63) is 101 Å². The first-order valence-electron chi connectivity index (χ1n) is 12.0. The molecule has 4 aromatic rings. The van der Waals surface area contributed by atoms with Gasteiger partial charge in [0.25, 0.3) is 11.7 Å². The fraction of sp³-hybridized carbons (Fsp3) is 0.200. The van der Waals surface area contributed by atoms with E-state index in [0.29, 0.717) is 35.1 Å². The summed E-state index contributed by atoms with van der Waals surface area (Å²) in [6.45, 7) is 6.70. The minimum Gasteiger partial charge on any atom is -0.507 e. The van der Waals surface area contributed by atoms with Gasteiger partial charge in [-0.3, -0.25) is 14.5 Å². The zero-order chi connectivity index (χ0) is 25.4. The third-order valence-electron chi connectivity index (χ3n) is 6.38. The van der Waals surface area contributed by atoms with Gasteiger partial charge in [-0.2, -0.15) is 0 Å². The van der Waals surface area contributed by atoms with E-state index in [4.69, 9.17) is 4.74 Å². The Balaban J connectivity index is 1.66. The average Bonchev–Trinajstić information content (AvgIpc) is 3.42. The predicted molar refractivity (Wildman–Crippen MR) is 141 cm³/mol. The Labute approximate surface area is 209 Å². The molecule has 0 saturated carbocycles. The summed E-state index contributed by atoms with van der Waals surface area (Å²) in [6.07, 6.45) is 1.67. The highest BCUT2D eigenvalue weighted by molar-refractivity contribution is 6.51. The van der Waals surface area contributed by atoms with E-state index in [-0.39, 0.29) is 11.3 Å². The van der Waals surface area contributed by atoms with E-state index >= 15 is 0 Å². The molecule has 1 atom stereocenters. The molecule has 182 valence electrons. The maximum Gasteiger partial charge on any atom is 0.300 e. The van der Waals surface area contributed by atoms with Crippen molar-refractivity contribution >= 4 is 34.0 Å². The van der Waals surface area contributed by atoms with Crippen LogP contribution in [-0.2, 0) is 9.59 Å². The number of aliphatic hydroxyl groups excluding tert-OH is 1. The Morgan fingerprint density at radius 2 is 1.69 bits per heavy atom. The van der Waals surface area contributed by atoms with Crippen molar-refractivity contribution in [1.82, 2.24) is 4.98 Å². The van der Waals surface area contributed by atoms with Gasteiger partial charge in [0, 0.05) is 28.4 Å². The molecule has 5 rings (SSSR count). The van der Waals surface area contributed by atoms with E-state index in [1.54, 1.807) is 6.20 Å². The number of aliphatic hydroxyl groups is 1. The molecule has 0 aliphatic carbocycles. The lowest BCUT2D eigenvalue weighted by Crippen LogP contribution is -2.29. The number of hydrogen-bond donors (Lipinski definition) is 2. The van der Waals surface area contributed by atoms with E-state index in [9.17, 15) is 14.7 Å². The number of ketones is 1. The van der Waals surface area contributed by atoms with Crippen LogP contribution < -0.4 is 9.64 Å². The number of nitrogens with zero attached hydrogens (tertiary/aromatic N) is 1. The molecule has 1 unspecified atom stereocenters. The Morgan fingerprint density at radius 3 is 2.39 bits per heavy atom. The van der Waals surface area contributed by atoms with Crippen LogP contribution in [0.5, 0.6) is 5.75 Å². The van der Waals surface area contributed by atoms with Crippen LogP contribution >= 0.6 is 0 Å². The topological polar surface area (TPSA) is 82.6 Å². The van der Waals surface area contributed by atoms with Gasteiger partial charge < -0.3 is 14.8 Å². The highest BCUT2D eigenvalue weighted by atomic mass is 16.5. The van der Waals surface area contributed by atoms with Crippen LogP contribution in [0.25, 0.3) is 16.7 Å². The summed E-state index contributed by atoms with van der Waals surface area (Å²) < 4.78 is 5.82. The van der Waals surface area contributed by atoms with Gasteiger partial charge in [-0.25, -0.2) is 0 Å². The number of amides is 1. The molecular weight excluding hydrogens is 452 g/mol. The first-order valence-corrected chi connectivity index (χ1v) is 12.0. The van der Waals surface area contributed by atoms with Crippen molar-refractivity contribution in [3.63, 3.8) is 0 Å². The number of H-pyrrole nitrogens is 1. The number of benzene rings is 3. The molecule has 6 nitrogen and oxygen atoms in total. The molecule has 1 aliphatic heterocycles. The predicted octanol–water partition coefficient (Wildman–Crippen LogP) is 6.14. The first kappa shape index (κ1) is 23.4. The number of hydrogen-bond acceptors (Lipinski definition) is 4. The molecule has 1 saturated heterocycles. The number of aromatic amines is 1. The summed E-state index contributed by atoms with van der Waals surface area (Å²) in [5.74, 6) is -0.509. The smallest absolute Gasteiger partial charge is 0.300 e. The number of aromatic nitrogens is 1. The fourth-order valence-electron chi connectivity index (χ4n) is 4.54. The Kier molecular flexibility index (Phi) is 6.10. The number of carbonyl (C=O) groups is 2. The summed E-state index contributed by atoms with van der Waals surface area (Å²) in [7, 11) is 0. The lowest BCUT2D eigenvalue weighted by molar-refractivity contribution is -0.132. The molecule has 0 bridgehead atoms. The van der Waals surface area contributed by atoms with Gasteiger partial charge >= 0.3 is 0 Å². The van der Waals surface area contributed by atoms with Crippen molar-refractivity contribution in [2.45, 2.75) is 26.8 Å². The fourth-order valence-corrected chi connectivity index (χ4v) is 4.54. The summed E-state index contributed by atoms with van der Waals surface area (Å²) in [5, 5.41) is 12.2. The Hall–Kier alpha value is -4.32. The number of nitrogens with one attached hydrogen (secondary N) is 1. The number of para-hydroxylation sites is 1. The number of rotatable bonds is 6. The molecule has 1 aromatic heterocycles. The van der Waals surface area contributed by atoms with Crippen molar-refractivity contribution in [1.29, 1.82) is 0 Å². The highest BCUT2D eigenvalue weighted by Crippen LogP contribution is 2.43. The van der Waals surface area contributed by atoms with Gasteiger partial charge in [-0.1, -0.05) is 61.9 Å². The second kappa shape index (κ2) is 9.38. The van der Waals surface area contributed by atoms with Gasteiger partial charge in [0.2, 0.25) is 0 Å². The minimum atomic E-state index is -0.791. The van der Waals surface area contributed by atoms with Crippen LogP contribution in [0.15, 0.2) is 84.6 Å². The van der Waals surface area contributed by atoms with Gasteiger partial charge in [0.15, 0.2) is 0 Å². The Bertz CT molecular complexity index is 1460. The van der Waals surface area contributed by atoms with Crippen molar-refractivity contribution in [3.8, 4) is 5.75 Å². The number of Topliss-reactive ketones (excluding diaryl/α,β-unsaturated/α-hetero) is 1. The maximum absolute atomic E-state index is 13.4. The maximum atomic E-state index is 13.4. The van der Waals surface area contributed by atoms with Gasteiger partial charge in [0.05, 0.1) is 18.2 Å². The average molecular weight is 481 g/mol. The lowest BCUT2D eigenvalue weighted by Gasteiger charge is -2.25. The molecule has 2 N–H and O–H groups in total. The van der Waals surface area contributed by atoms with Crippen LogP contribution in [-0.4, -0.2) is 28.4 Å². The molecule has 1 amide bonds. The van der Waals surface area contributed by atoms with Crippen LogP contribution in [0.3, 0.4) is 0 Å². The Morgan fingerprint density at radius 1 is 1.00 bits per heavy atom.